The van der Waals surface area contributed by atoms with E-state index in [1.165, 1.54) is 0 Å². The molecule has 19 heavy (non-hydrogen) atoms. The SMILES string of the molecule is Cc1cc(C)nc(NC2CCCCCC2C(=O)O)n1. The van der Waals surface area contributed by atoms with Gasteiger partial charge in [-0.15, -0.1) is 0 Å². The van der Waals surface area contributed by atoms with E-state index in [1.54, 1.807) is 0 Å². The number of aromatic nitrogens is 2. The van der Waals surface area contributed by atoms with Crippen molar-refractivity contribution in [3.63, 3.8) is 0 Å². The summed E-state index contributed by atoms with van der Waals surface area (Å²) in [6.45, 7) is 3.84. The molecule has 1 saturated carbocycles. The fourth-order valence-corrected chi connectivity index (χ4v) is 2.73. The van der Waals surface area contributed by atoms with Gasteiger partial charge < -0.3 is 10.4 Å². The Hall–Kier alpha value is -1.65. The van der Waals surface area contributed by atoms with E-state index in [4.69, 9.17) is 0 Å². The molecule has 0 saturated heterocycles. The Balaban J connectivity index is 2.15. The minimum atomic E-state index is -0.719. The van der Waals surface area contributed by atoms with Crippen LogP contribution in [0.3, 0.4) is 0 Å². The first-order valence-corrected chi connectivity index (χ1v) is 6.88. The summed E-state index contributed by atoms with van der Waals surface area (Å²) >= 11 is 0. The summed E-state index contributed by atoms with van der Waals surface area (Å²) in [6, 6.07) is 1.84. The van der Waals surface area contributed by atoms with Crippen molar-refractivity contribution in [2.45, 2.75) is 52.0 Å². The molecule has 1 aromatic heterocycles. The van der Waals surface area contributed by atoms with E-state index >= 15 is 0 Å². The number of anilines is 1. The zero-order valence-electron chi connectivity index (χ0n) is 11.5. The van der Waals surface area contributed by atoms with Gasteiger partial charge >= 0.3 is 5.97 Å². The first-order chi connectivity index (χ1) is 9.06. The Morgan fingerprint density at radius 1 is 1.21 bits per heavy atom. The molecule has 0 aromatic carbocycles. The van der Waals surface area contributed by atoms with Gasteiger partial charge in [-0.2, -0.15) is 0 Å². The lowest BCUT2D eigenvalue weighted by Crippen LogP contribution is -2.34. The summed E-state index contributed by atoms with van der Waals surface area (Å²) in [7, 11) is 0. The minimum Gasteiger partial charge on any atom is -0.481 e. The van der Waals surface area contributed by atoms with Crippen molar-refractivity contribution >= 4 is 11.9 Å². The molecule has 0 spiro atoms. The molecule has 1 fully saturated rings. The van der Waals surface area contributed by atoms with E-state index in [0.29, 0.717) is 5.95 Å². The molecule has 104 valence electrons. The lowest BCUT2D eigenvalue weighted by molar-refractivity contribution is -0.142. The Bertz CT molecular complexity index is 442. The Morgan fingerprint density at radius 3 is 2.47 bits per heavy atom. The molecule has 2 N–H and O–H groups in total. The van der Waals surface area contributed by atoms with Crippen molar-refractivity contribution in [1.29, 1.82) is 0 Å². The number of rotatable bonds is 3. The summed E-state index contributed by atoms with van der Waals surface area (Å²) in [5, 5.41) is 12.6. The van der Waals surface area contributed by atoms with E-state index in [-0.39, 0.29) is 12.0 Å². The lowest BCUT2D eigenvalue weighted by atomic mass is 9.95. The van der Waals surface area contributed by atoms with Crippen molar-refractivity contribution in [2.24, 2.45) is 5.92 Å². The fourth-order valence-electron chi connectivity index (χ4n) is 2.73. The zero-order chi connectivity index (χ0) is 13.8. The number of hydrogen-bond acceptors (Lipinski definition) is 4. The van der Waals surface area contributed by atoms with Crippen LogP contribution in [0.5, 0.6) is 0 Å². The van der Waals surface area contributed by atoms with Crippen LogP contribution in [0.4, 0.5) is 5.95 Å². The highest BCUT2D eigenvalue weighted by atomic mass is 16.4. The number of carboxylic acids is 1. The number of nitrogens with one attached hydrogen (secondary N) is 1. The average molecular weight is 263 g/mol. The normalized spacial score (nSPS) is 23.7. The molecule has 2 unspecified atom stereocenters. The molecular weight excluding hydrogens is 242 g/mol. The van der Waals surface area contributed by atoms with Gasteiger partial charge in [-0.3, -0.25) is 4.79 Å². The van der Waals surface area contributed by atoms with Gasteiger partial charge in [0.25, 0.3) is 0 Å². The summed E-state index contributed by atoms with van der Waals surface area (Å²) < 4.78 is 0. The molecule has 0 aliphatic heterocycles. The number of hydrogen-bond donors (Lipinski definition) is 2. The standard InChI is InChI=1S/C14H21N3O2/c1-9-8-10(2)16-14(15-9)17-12-7-5-3-4-6-11(12)13(18)19/h8,11-12H,3-7H2,1-2H3,(H,18,19)(H,15,16,17). The smallest absolute Gasteiger partial charge is 0.308 e. The van der Waals surface area contributed by atoms with Gasteiger partial charge in [0.1, 0.15) is 0 Å². The Morgan fingerprint density at radius 2 is 1.84 bits per heavy atom. The fraction of sp³-hybridized carbons (Fsp3) is 0.643. The molecule has 2 rings (SSSR count). The summed E-state index contributed by atoms with van der Waals surface area (Å²) in [4.78, 5) is 20.0. The first kappa shape index (κ1) is 13.8. The monoisotopic (exact) mass is 263 g/mol. The van der Waals surface area contributed by atoms with E-state index < -0.39 is 5.97 Å². The van der Waals surface area contributed by atoms with Crippen LogP contribution in [0.1, 0.15) is 43.5 Å². The van der Waals surface area contributed by atoms with Crippen LogP contribution < -0.4 is 5.32 Å². The quantitative estimate of drug-likeness (QED) is 0.820. The second-order valence-corrected chi connectivity index (χ2v) is 5.31. The summed E-state index contributed by atoms with van der Waals surface area (Å²) in [5.41, 5.74) is 1.80. The maximum absolute atomic E-state index is 11.4. The van der Waals surface area contributed by atoms with Crippen molar-refractivity contribution in [2.75, 3.05) is 5.32 Å². The second kappa shape index (κ2) is 5.99. The van der Waals surface area contributed by atoms with Gasteiger partial charge in [0.15, 0.2) is 0 Å². The van der Waals surface area contributed by atoms with Crippen molar-refractivity contribution in [3.8, 4) is 0 Å². The molecule has 2 atom stereocenters. The molecule has 5 nitrogen and oxygen atoms in total. The van der Waals surface area contributed by atoms with Crippen molar-refractivity contribution < 1.29 is 9.90 Å². The van der Waals surface area contributed by atoms with Gasteiger partial charge in [0.05, 0.1) is 5.92 Å². The number of carboxylic acid groups (broad SMARTS) is 1. The third-order valence-corrected chi connectivity index (χ3v) is 3.63. The molecule has 0 amide bonds. The zero-order valence-corrected chi connectivity index (χ0v) is 11.5. The van der Waals surface area contributed by atoms with Crippen LogP contribution in [0.2, 0.25) is 0 Å². The van der Waals surface area contributed by atoms with Crippen LogP contribution in [-0.4, -0.2) is 27.1 Å². The van der Waals surface area contributed by atoms with E-state index in [2.05, 4.69) is 15.3 Å². The van der Waals surface area contributed by atoms with Crippen LogP contribution in [0.25, 0.3) is 0 Å². The van der Waals surface area contributed by atoms with E-state index in [0.717, 1.165) is 43.5 Å². The lowest BCUT2D eigenvalue weighted by Gasteiger charge is -2.23. The topological polar surface area (TPSA) is 75.1 Å². The van der Waals surface area contributed by atoms with Crippen LogP contribution in [-0.2, 0) is 4.79 Å². The molecular formula is C14H21N3O2. The molecule has 0 radical (unpaired) electrons. The summed E-state index contributed by atoms with van der Waals surface area (Å²) in [6.07, 6.45) is 4.76. The number of aryl methyl sites for hydroxylation is 2. The van der Waals surface area contributed by atoms with Crippen LogP contribution in [0, 0.1) is 19.8 Å². The average Bonchev–Trinajstić information content (AvgIpc) is 2.53. The molecule has 5 heteroatoms. The van der Waals surface area contributed by atoms with Gasteiger partial charge in [-0.25, -0.2) is 9.97 Å². The molecule has 1 aliphatic carbocycles. The summed E-state index contributed by atoms with van der Waals surface area (Å²) in [5.74, 6) is -0.508. The molecule has 1 heterocycles. The Kier molecular flexibility index (Phi) is 4.35. The largest absolute Gasteiger partial charge is 0.481 e. The Labute approximate surface area is 113 Å². The van der Waals surface area contributed by atoms with Gasteiger partial charge in [0, 0.05) is 17.4 Å². The second-order valence-electron chi connectivity index (χ2n) is 5.31. The van der Waals surface area contributed by atoms with Crippen LogP contribution >= 0.6 is 0 Å². The van der Waals surface area contributed by atoms with E-state index in [1.807, 2.05) is 19.9 Å². The van der Waals surface area contributed by atoms with Gasteiger partial charge in [-0.05, 0) is 32.8 Å². The van der Waals surface area contributed by atoms with Gasteiger partial charge in [0.2, 0.25) is 5.95 Å². The maximum Gasteiger partial charge on any atom is 0.308 e. The first-order valence-electron chi connectivity index (χ1n) is 6.88. The van der Waals surface area contributed by atoms with Crippen molar-refractivity contribution in [3.05, 3.63) is 17.5 Å². The third kappa shape index (κ3) is 3.66. The van der Waals surface area contributed by atoms with Crippen molar-refractivity contribution in [1.82, 2.24) is 9.97 Å². The predicted molar refractivity (Wildman–Crippen MR) is 73.1 cm³/mol. The highest BCUT2D eigenvalue weighted by Gasteiger charge is 2.29. The highest BCUT2D eigenvalue weighted by Crippen LogP contribution is 2.26. The van der Waals surface area contributed by atoms with Crippen LogP contribution in [0.15, 0.2) is 6.07 Å². The maximum atomic E-state index is 11.4. The molecule has 1 aliphatic rings. The number of aliphatic carboxylic acids is 1. The van der Waals surface area contributed by atoms with E-state index in [9.17, 15) is 9.90 Å². The predicted octanol–water partition coefficient (Wildman–Crippen LogP) is 2.54. The highest BCUT2D eigenvalue weighted by molar-refractivity contribution is 5.71. The minimum absolute atomic E-state index is 0.0683. The third-order valence-electron chi connectivity index (χ3n) is 3.63. The number of carbonyl (C=O) groups is 1. The molecule has 1 aromatic rings. The molecule has 0 bridgehead atoms. The number of nitrogens with zero attached hydrogens (tertiary/aromatic N) is 2. The van der Waals surface area contributed by atoms with Gasteiger partial charge in [-0.1, -0.05) is 19.3 Å².